The number of aromatic hydroxyl groups is 2. The van der Waals surface area contributed by atoms with Crippen LogP contribution < -0.4 is 0 Å². The molecule has 2 aromatic carbocycles. The molecule has 0 unspecified atom stereocenters. The zero-order valence-electron chi connectivity index (χ0n) is 9.02. The summed E-state index contributed by atoms with van der Waals surface area (Å²) in [7, 11) is 0. The lowest BCUT2D eigenvalue weighted by molar-refractivity contribution is 0.475. The van der Waals surface area contributed by atoms with Crippen LogP contribution in [0.25, 0.3) is 11.1 Å². The maximum atomic E-state index is 9.65. The molecule has 0 saturated carbocycles. The van der Waals surface area contributed by atoms with Crippen LogP contribution in [-0.2, 0) is 0 Å². The molecule has 0 aliphatic carbocycles. The number of hydrogen-bond donors (Lipinski definition) is 2. The molecule has 0 heterocycles. The monoisotopic (exact) mass is 356 g/mol. The molecule has 2 N–H and O–H groups in total. The molecule has 2 nitrogen and oxygen atoms in total. The van der Waals surface area contributed by atoms with E-state index in [4.69, 9.17) is 58.0 Å². The van der Waals surface area contributed by atoms with Crippen molar-refractivity contribution < 1.29 is 10.2 Å². The number of phenolic OH excluding ortho intramolecular Hbond substituents is 2. The summed E-state index contributed by atoms with van der Waals surface area (Å²) in [5.74, 6) is -0.394. The van der Waals surface area contributed by atoms with Crippen LogP contribution in [0.2, 0.25) is 25.1 Å². The second-order valence-corrected chi connectivity index (χ2v) is 5.56. The molecule has 2 aromatic rings. The quantitative estimate of drug-likeness (QED) is 0.611. The molecule has 7 heteroatoms. The fraction of sp³-hybridized carbons (Fsp3) is 0. The van der Waals surface area contributed by atoms with Crippen LogP contribution in [-0.4, -0.2) is 10.2 Å². The minimum absolute atomic E-state index is 0.00281. The first-order valence-electron chi connectivity index (χ1n) is 4.88. The molecule has 0 bridgehead atoms. The highest BCUT2D eigenvalue weighted by Crippen LogP contribution is 2.50. The van der Waals surface area contributed by atoms with E-state index in [1.54, 1.807) is 0 Å². The Kier molecular flexibility index (Phi) is 4.29. The Morgan fingerprint density at radius 1 is 0.737 bits per heavy atom. The van der Waals surface area contributed by atoms with Crippen molar-refractivity contribution in [3.63, 3.8) is 0 Å². The van der Waals surface area contributed by atoms with Gasteiger partial charge in [-0.1, -0.05) is 58.0 Å². The van der Waals surface area contributed by atoms with Crippen LogP contribution >= 0.6 is 58.0 Å². The summed E-state index contributed by atoms with van der Waals surface area (Å²) < 4.78 is 0. The van der Waals surface area contributed by atoms with Gasteiger partial charge in [0.2, 0.25) is 0 Å². The molecule has 0 spiro atoms. The summed E-state index contributed by atoms with van der Waals surface area (Å²) in [5.41, 5.74) is 0.736. The van der Waals surface area contributed by atoms with E-state index in [1.165, 1.54) is 18.2 Å². The molecule has 0 radical (unpaired) electrons. The standard InChI is InChI=1S/C12H5Cl5O2/c13-6-3-4(18)1-2-5(6)7-8(14)10(16)12(19)11(17)9(7)15/h1-3,18-19H. The molecule has 0 aliphatic heterocycles. The van der Waals surface area contributed by atoms with Crippen LogP contribution in [0.3, 0.4) is 0 Å². The van der Waals surface area contributed by atoms with Gasteiger partial charge in [0.15, 0.2) is 5.75 Å². The average molecular weight is 358 g/mol. The van der Waals surface area contributed by atoms with Crippen LogP contribution in [0.1, 0.15) is 0 Å². The lowest BCUT2D eigenvalue weighted by Gasteiger charge is -2.13. The van der Waals surface area contributed by atoms with Crippen LogP contribution in [0.4, 0.5) is 0 Å². The number of hydrogen-bond acceptors (Lipinski definition) is 2. The summed E-state index contributed by atoms with van der Waals surface area (Å²) in [4.78, 5) is 0. The van der Waals surface area contributed by atoms with Gasteiger partial charge in [-0.3, -0.25) is 0 Å². The largest absolute Gasteiger partial charge is 0.508 e. The fourth-order valence-corrected chi connectivity index (χ4v) is 2.88. The number of benzene rings is 2. The molecule has 0 aromatic heterocycles. The first-order valence-corrected chi connectivity index (χ1v) is 6.77. The van der Waals surface area contributed by atoms with Gasteiger partial charge in [-0.15, -0.1) is 0 Å². The number of phenols is 2. The molecule has 19 heavy (non-hydrogen) atoms. The van der Waals surface area contributed by atoms with E-state index in [1.807, 2.05) is 0 Å². The van der Waals surface area contributed by atoms with Crippen molar-refractivity contribution in [1.29, 1.82) is 0 Å². The second-order valence-electron chi connectivity index (χ2n) is 3.64. The zero-order chi connectivity index (χ0) is 14.3. The van der Waals surface area contributed by atoms with Gasteiger partial charge in [0.25, 0.3) is 0 Å². The van der Waals surface area contributed by atoms with Gasteiger partial charge in [0.05, 0.1) is 15.1 Å². The van der Waals surface area contributed by atoms with E-state index in [0.29, 0.717) is 11.1 Å². The first-order chi connectivity index (χ1) is 8.84. The molecule has 2 rings (SSSR count). The Balaban J connectivity index is 2.83. The highest BCUT2D eigenvalue weighted by atomic mass is 35.5. The van der Waals surface area contributed by atoms with Crippen molar-refractivity contribution in [3.8, 4) is 22.6 Å². The van der Waals surface area contributed by atoms with Gasteiger partial charge in [0.1, 0.15) is 15.8 Å². The van der Waals surface area contributed by atoms with Crippen molar-refractivity contribution >= 4 is 58.0 Å². The Labute approximate surface area is 134 Å². The third-order valence-corrected chi connectivity index (χ3v) is 4.46. The van der Waals surface area contributed by atoms with Crippen molar-refractivity contribution in [2.75, 3.05) is 0 Å². The molecule has 0 fully saturated rings. The topological polar surface area (TPSA) is 40.5 Å². The Morgan fingerprint density at radius 3 is 1.74 bits per heavy atom. The maximum absolute atomic E-state index is 9.65. The Hall–Kier alpha value is -0.510. The molecular weight excluding hydrogens is 353 g/mol. The average Bonchev–Trinajstić information content (AvgIpc) is 2.37. The lowest BCUT2D eigenvalue weighted by atomic mass is 10.0. The van der Waals surface area contributed by atoms with E-state index < -0.39 is 5.75 Å². The van der Waals surface area contributed by atoms with Crippen molar-refractivity contribution in [1.82, 2.24) is 0 Å². The highest BCUT2D eigenvalue weighted by molar-refractivity contribution is 6.52. The molecule has 0 saturated heterocycles. The number of rotatable bonds is 1. The molecule has 0 amide bonds. The molecule has 0 aliphatic rings. The predicted molar refractivity (Wildman–Crippen MR) is 80.3 cm³/mol. The Bertz CT molecular complexity index is 641. The van der Waals surface area contributed by atoms with Gasteiger partial charge < -0.3 is 10.2 Å². The van der Waals surface area contributed by atoms with Crippen molar-refractivity contribution in [2.45, 2.75) is 0 Å². The summed E-state index contributed by atoms with van der Waals surface area (Å²) in [6.07, 6.45) is 0. The van der Waals surface area contributed by atoms with E-state index >= 15 is 0 Å². The Morgan fingerprint density at radius 2 is 1.26 bits per heavy atom. The first kappa shape index (κ1) is 14.9. The smallest absolute Gasteiger partial charge is 0.155 e. The highest BCUT2D eigenvalue weighted by Gasteiger charge is 2.22. The van der Waals surface area contributed by atoms with Gasteiger partial charge in [-0.25, -0.2) is 0 Å². The van der Waals surface area contributed by atoms with E-state index in [0.717, 1.165) is 0 Å². The third kappa shape index (κ3) is 2.56. The maximum Gasteiger partial charge on any atom is 0.155 e. The summed E-state index contributed by atoms with van der Waals surface area (Å²) in [5, 5.41) is 19.0. The van der Waals surface area contributed by atoms with Crippen LogP contribution in [0, 0.1) is 0 Å². The molecule has 0 atom stereocenters. The van der Waals surface area contributed by atoms with E-state index in [9.17, 15) is 10.2 Å². The third-order valence-electron chi connectivity index (χ3n) is 2.46. The predicted octanol–water partition coefficient (Wildman–Crippen LogP) is 6.03. The second kappa shape index (κ2) is 5.47. The number of halogens is 5. The van der Waals surface area contributed by atoms with Gasteiger partial charge in [-0.05, 0) is 18.2 Å². The molecular formula is C12H5Cl5O2. The fourth-order valence-electron chi connectivity index (χ4n) is 1.56. The summed E-state index contributed by atoms with van der Waals surface area (Å²) in [6.45, 7) is 0. The molecule has 100 valence electrons. The van der Waals surface area contributed by atoms with Gasteiger partial charge >= 0.3 is 0 Å². The zero-order valence-corrected chi connectivity index (χ0v) is 12.8. The minimum Gasteiger partial charge on any atom is -0.508 e. The van der Waals surface area contributed by atoms with Crippen molar-refractivity contribution in [2.24, 2.45) is 0 Å². The van der Waals surface area contributed by atoms with E-state index in [2.05, 4.69) is 0 Å². The summed E-state index contributed by atoms with van der Waals surface area (Å²) in [6, 6.07) is 4.27. The SMILES string of the molecule is Oc1ccc(-c2c(Cl)c(Cl)c(O)c(Cl)c2Cl)c(Cl)c1. The minimum atomic E-state index is -0.392. The van der Waals surface area contributed by atoms with E-state index in [-0.39, 0.29) is 30.9 Å². The van der Waals surface area contributed by atoms with Crippen LogP contribution in [0.5, 0.6) is 11.5 Å². The van der Waals surface area contributed by atoms with Crippen molar-refractivity contribution in [3.05, 3.63) is 43.3 Å². The van der Waals surface area contributed by atoms with Crippen LogP contribution in [0.15, 0.2) is 18.2 Å². The van der Waals surface area contributed by atoms with Gasteiger partial charge in [0, 0.05) is 11.1 Å². The normalized spacial score (nSPS) is 10.8. The lowest BCUT2D eigenvalue weighted by Crippen LogP contribution is -1.87. The summed E-state index contributed by atoms with van der Waals surface area (Å²) >= 11 is 29.9. The van der Waals surface area contributed by atoms with Gasteiger partial charge in [-0.2, -0.15) is 0 Å².